The van der Waals surface area contributed by atoms with Gasteiger partial charge < -0.3 is 9.14 Å². The van der Waals surface area contributed by atoms with Gasteiger partial charge in [0.2, 0.25) is 0 Å². The van der Waals surface area contributed by atoms with Gasteiger partial charge in [-0.1, -0.05) is 30.0 Å². The lowest BCUT2D eigenvalue weighted by molar-refractivity contribution is 0.340. The van der Waals surface area contributed by atoms with Crippen molar-refractivity contribution in [2.24, 2.45) is 0 Å². The molecule has 5 rings (SSSR count). The van der Waals surface area contributed by atoms with E-state index in [1.54, 1.807) is 4.57 Å². The Bertz CT molecular complexity index is 1470. The number of rotatable bonds is 6. The number of benzene rings is 2. The average Bonchev–Trinajstić information content (AvgIpc) is 3.23. The van der Waals surface area contributed by atoms with Crippen molar-refractivity contribution in [1.29, 1.82) is 0 Å². The second kappa shape index (κ2) is 8.51. The second-order valence-electron chi connectivity index (χ2n) is 7.42. The highest BCUT2D eigenvalue weighted by Gasteiger charge is 2.14. The molecular formula is C25H22N4O2S. The molecule has 6 nitrogen and oxygen atoms in total. The largest absolute Gasteiger partial charge is 0.494 e. The van der Waals surface area contributed by atoms with E-state index in [2.05, 4.69) is 0 Å². The first kappa shape index (κ1) is 20.3. The Kier molecular flexibility index (Phi) is 5.41. The van der Waals surface area contributed by atoms with Gasteiger partial charge >= 0.3 is 0 Å². The standard InChI is InChI=1S/C25H22N4O2S/c1-3-31-20-12-10-19(11-13-20)29-24(30)21-8-4-5-9-22(21)27-25(29)32-16-18-15-28-14-6-7-17(2)23(28)26-18/h4-15H,3,16H2,1-2H3. The Hall–Kier alpha value is -3.58. The highest BCUT2D eigenvalue weighted by molar-refractivity contribution is 7.98. The molecule has 5 aromatic rings. The smallest absolute Gasteiger partial charge is 0.266 e. The van der Waals surface area contributed by atoms with Crippen molar-refractivity contribution in [2.75, 3.05) is 6.61 Å². The van der Waals surface area contributed by atoms with Crippen LogP contribution in [0.1, 0.15) is 18.2 Å². The third-order valence-corrected chi connectivity index (χ3v) is 6.20. The molecule has 0 atom stereocenters. The van der Waals surface area contributed by atoms with Gasteiger partial charge in [0.05, 0.1) is 28.9 Å². The first-order valence-electron chi connectivity index (χ1n) is 10.4. The Morgan fingerprint density at radius 2 is 1.81 bits per heavy atom. The van der Waals surface area contributed by atoms with Crippen LogP contribution in [0.4, 0.5) is 0 Å². The molecule has 0 bridgehead atoms. The van der Waals surface area contributed by atoms with E-state index in [4.69, 9.17) is 14.7 Å². The van der Waals surface area contributed by atoms with Gasteiger partial charge in [-0.3, -0.25) is 9.36 Å². The van der Waals surface area contributed by atoms with E-state index in [0.29, 0.717) is 28.4 Å². The van der Waals surface area contributed by atoms with Crippen LogP contribution >= 0.6 is 11.8 Å². The maximum Gasteiger partial charge on any atom is 0.266 e. The van der Waals surface area contributed by atoms with E-state index in [0.717, 1.165) is 28.3 Å². The molecule has 32 heavy (non-hydrogen) atoms. The van der Waals surface area contributed by atoms with E-state index in [9.17, 15) is 4.79 Å². The fourth-order valence-corrected chi connectivity index (χ4v) is 4.60. The van der Waals surface area contributed by atoms with Crippen LogP contribution in [0.5, 0.6) is 5.75 Å². The van der Waals surface area contributed by atoms with Crippen molar-refractivity contribution in [3.05, 3.63) is 94.7 Å². The van der Waals surface area contributed by atoms with Crippen molar-refractivity contribution in [3.63, 3.8) is 0 Å². The molecule has 0 fully saturated rings. The summed E-state index contributed by atoms with van der Waals surface area (Å²) in [5.41, 5.74) is 4.36. The van der Waals surface area contributed by atoms with Gasteiger partial charge in [0, 0.05) is 18.1 Å². The number of aromatic nitrogens is 4. The summed E-state index contributed by atoms with van der Waals surface area (Å²) >= 11 is 1.50. The molecule has 0 saturated heterocycles. The lowest BCUT2D eigenvalue weighted by atomic mass is 10.2. The van der Waals surface area contributed by atoms with Crippen LogP contribution in [0.2, 0.25) is 0 Å². The molecule has 0 amide bonds. The highest BCUT2D eigenvalue weighted by atomic mass is 32.2. The number of pyridine rings is 1. The minimum atomic E-state index is -0.0897. The Balaban J connectivity index is 1.56. The van der Waals surface area contributed by atoms with Gasteiger partial charge in [-0.15, -0.1) is 0 Å². The lowest BCUT2D eigenvalue weighted by Gasteiger charge is -2.13. The Morgan fingerprint density at radius 1 is 1.00 bits per heavy atom. The lowest BCUT2D eigenvalue weighted by Crippen LogP contribution is -2.21. The summed E-state index contributed by atoms with van der Waals surface area (Å²) in [5, 5.41) is 1.22. The van der Waals surface area contributed by atoms with Crippen LogP contribution in [0.15, 0.2) is 83.0 Å². The van der Waals surface area contributed by atoms with E-state index in [1.807, 2.05) is 91.3 Å². The number of fused-ring (bicyclic) bond motifs is 2. The molecule has 0 aliphatic carbocycles. The van der Waals surface area contributed by atoms with Crippen LogP contribution < -0.4 is 10.3 Å². The molecule has 0 spiro atoms. The van der Waals surface area contributed by atoms with Gasteiger partial charge in [0.1, 0.15) is 11.4 Å². The van der Waals surface area contributed by atoms with Gasteiger partial charge in [0.15, 0.2) is 5.16 Å². The molecular weight excluding hydrogens is 420 g/mol. The van der Waals surface area contributed by atoms with Crippen molar-refractivity contribution in [1.82, 2.24) is 18.9 Å². The molecule has 3 heterocycles. The van der Waals surface area contributed by atoms with E-state index in [1.165, 1.54) is 11.8 Å². The molecule has 3 aromatic heterocycles. The third-order valence-electron chi connectivity index (χ3n) is 5.23. The van der Waals surface area contributed by atoms with Gasteiger partial charge in [-0.05, 0) is 61.9 Å². The van der Waals surface area contributed by atoms with Gasteiger partial charge in [0.25, 0.3) is 5.56 Å². The predicted octanol–water partition coefficient (Wildman–Crippen LogP) is 5.03. The number of imidazole rings is 1. The predicted molar refractivity (Wildman–Crippen MR) is 128 cm³/mol. The summed E-state index contributed by atoms with van der Waals surface area (Å²) in [7, 11) is 0. The molecule has 2 aromatic carbocycles. The minimum Gasteiger partial charge on any atom is -0.494 e. The van der Waals surface area contributed by atoms with E-state index >= 15 is 0 Å². The topological polar surface area (TPSA) is 61.4 Å². The molecule has 7 heteroatoms. The van der Waals surface area contributed by atoms with Crippen molar-refractivity contribution < 1.29 is 4.74 Å². The molecule has 160 valence electrons. The summed E-state index contributed by atoms with van der Waals surface area (Å²) in [6.45, 7) is 4.59. The Morgan fingerprint density at radius 3 is 2.59 bits per heavy atom. The monoisotopic (exact) mass is 442 g/mol. The summed E-state index contributed by atoms with van der Waals surface area (Å²) in [6.07, 6.45) is 4.02. The zero-order valence-corrected chi connectivity index (χ0v) is 18.7. The summed E-state index contributed by atoms with van der Waals surface area (Å²) in [5.74, 6) is 1.37. The molecule has 0 saturated carbocycles. The number of hydrogen-bond donors (Lipinski definition) is 0. The fraction of sp³-hybridized carbons (Fsp3) is 0.160. The second-order valence-corrected chi connectivity index (χ2v) is 8.36. The summed E-state index contributed by atoms with van der Waals surface area (Å²) in [6, 6.07) is 19.0. The number of hydrogen-bond acceptors (Lipinski definition) is 5. The van der Waals surface area contributed by atoms with Crippen molar-refractivity contribution in [2.45, 2.75) is 24.8 Å². The van der Waals surface area contributed by atoms with Crippen LogP contribution in [0.3, 0.4) is 0 Å². The number of nitrogens with zero attached hydrogens (tertiary/aromatic N) is 4. The first-order valence-corrected chi connectivity index (χ1v) is 11.4. The maximum atomic E-state index is 13.4. The van der Waals surface area contributed by atoms with Crippen LogP contribution in [-0.2, 0) is 5.75 Å². The quantitative estimate of drug-likeness (QED) is 0.273. The molecule has 0 aliphatic rings. The van der Waals surface area contributed by atoms with Crippen molar-refractivity contribution >= 4 is 28.3 Å². The van der Waals surface area contributed by atoms with Crippen molar-refractivity contribution in [3.8, 4) is 11.4 Å². The number of thioether (sulfide) groups is 1. The summed E-state index contributed by atoms with van der Waals surface area (Å²) < 4.78 is 9.25. The van der Waals surface area contributed by atoms with Crippen LogP contribution in [0, 0.1) is 6.92 Å². The van der Waals surface area contributed by atoms with E-state index < -0.39 is 0 Å². The van der Waals surface area contributed by atoms with Gasteiger partial charge in [-0.2, -0.15) is 0 Å². The number of aryl methyl sites for hydroxylation is 1. The SMILES string of the molecule is CCOc1ccc(-n2c(SCc3cn4cccc(C)c4n3)nc3ccccc3c2=O)cc1. The third kappa shape index (κ3) is 3.76. The minimum absolute atomic E-state index is 0.0897. The number of ether oxygens (including phenoxy) is 1. The zero-order valence-electron chi connectivity index (χ0n) is 17.9. The molecule has 0 N–H and O–H groups in total. The highest BCUT2D eigenvalue weighted by Crippen LogP contribution is 2.26. The molecule has 0 aliphatic heterocycles. The van der Waals surface area contributed by atoms with Gasteiger partial charge in [-0.25, -0.2) is 9.97 Å². The first-order chi connectivity index (χ1) is 15.6. The molecule has 0 unspecified atom stereocenters. The van der Waals surface area contributed by atoms with Crippen LogP contribution in [0.25, 0.3) is 22.2 Å². The Labute approximate surface area is 189 Å². The average molecular weight is 443 g/mol. The van der Waals surface area contributed by atoms with Crippen LogP contribution in [-0.4, -0.2) is 25.5 Å². The fourth-order valence-electron chi connectivity index (χ4n) is 3.71. The van der Waals surface area contributed by atoms with E-state index in [-0.39, 0.29) is 5.56 Å². The summed E-state index contributed by atoms with van der Waals surface area (Å²) in [4.78, 5) is 23.0. The zero-order chi connectivity index (χ0) is 22.1. The normalized spacial score (nSPS) is 11.3. The molecule has 0 radical (unpaired) electrons. The number of para-hydroxylation sites is 1. The maximum absolute atomic E-state index is 13.4.